The maximum Gasteiger partial charge on any atom is 0.410 e. The molecule has 2 fully saturated rings. The van der Waals surface area contributed by atoms with Gasteiger partial charge in [0.2, 0.25) is 11.8 Å². The van der Waals surface area contributed by atoms with Crippen LogP contribution in [0.2, 0.25) is 0 Å². The molecule has 1 aliphatic heterocycles. The third-order valence-corrected chi connectivity index (χ3v) is 9.84. The molecular formula is C34H44FN5O4S. The molecule has 0 unspecified atom stereocenters. The standard InChI is InChI=1S/C34H44FN5O4S/c1-20(39(5)33(43)44-34(2,3)4)30(41)38-29(21-11-7-6-8-12-21)32(42)40-18-22(36)17-28(40)31-37-27(19-45-31)25-15-16-26(35)24-14-10-9-13-23(24)25/h9-10,13-16,19-22,28-29H,6-8,11-12,17-18,36H2,1-5H3,(H,38,41)/t20-,22-,28-,29-/m0/s1. The summed E-state index contributed by atoms with van der Waals surface area (Å²) >= 11 is 1.46. The number of amides is 3. The zero-order chi connectivity index (χ0) is 32.5. The van der Waals surface area contributed by atoms with Crippen molar-refractivity contribution >= 4 is 40.0 Å². The summed E-state index contributed by atoms with van der Waals surface area (Å²) in [6, 6.07) is 8.34. The number of fused-ring (bicyclic) bond motifs is 1. The number of rotatable bonds is 7. The van der Waals surface area contributed by atoms with Crippen molar-refractivity contribution in [2.75, 3.05) is 13.6 Å². The van der Waals surface area contributed by atoms with Crippen LogP contribution in [0.5, 0.6) is 0 Å². The van der Waals surface area contributed by atoms with Crippen LogP contribution in [0.4, 0.5) is 9.18 Å². The van der Waals surface area contributed by atoms with Crippen molar-refractivity contribution < 1.29 is 23.5 Å². The molecule has 3 aromatic rings. The third kappa shape index (κ3) is 7.30. The van der Waals surface area contributed by atoms with Gasteiger partial charge >= 0.3 is 6.09 Å². The van der Waals surface area contributed by atoms with E-state index in [9.17, 15) is 18.8 Å². The van der Waals surface area contributed by atoms with Crippen molar-refractivity contribution in [2.24, 2.45) is 11.7 Å². The van der Waals surface area contributed by atoms with Gasteiger partial charge in [0.15, 0.2) is 0 Å². The van der Waals surface area contributed by atoms with Crippen LogP contribution in [0.15, 0.2) is 41.8 Å². The lowest BCUT2D eigenvalue weighted by molar-refractivity contribution is -0.140. The molecule has 1 aliphatic carbocycles. The Morgan fingerprint density at radius 3 is 2.49 bits per heavy atom. The SMILES string of the molecule is C[C@@H](C(=O)N[C@H](C(=O)N1C[C@@H](N)C[C@H]1c1nc(-c2ccc(F)c3ccccc23)cs1)C1CCCCC1)N(C)C(=O)OC(C)(C)C. The number of halogens is 1. The summed E-state index contributed by atoms with van der Waals surface area (Å²) in [5.74, 6) is -0.897. The monoisotopic (exact) mass is 637 g/mol. The molecule has 5 rings (SSSR count). The van der Waals surface area contributed by atoms with Gasteiger partial charge in [0, 0.05) is 36.0 Å². The van der Waals surface area contributed by atoms with Crippen molar-refractivity contribution in [2.45, 2.75) is 96.0 Å². The summed E-state index contributed by atoms with van der Waals surface area (Å²) in [7, 11) is 1.52. The minimum absolute atomic E-state index is 0.0239. The Bertz CT molecular complexity index is 1550. The van der Waals surface area contributed by atoms with E-state index in [-0.39, 0.29) is 29.7 Å². The van der Waals surface area contributed by atoms with E-state index in [0.29, 0.717) is 18.4 Å². The van der Waals surface area contributed by atoms with Crippen LogP contribution in [0.25, 0.3) is 22.0 Å². The number of likely N-dealkylation sites (N-methyl/N-ethyl adjacent to an activating group) is 1. The fourth-order valence-electron chi connectivity index (χ4n) is 6.37. The molecule has 11 heteroatoms. The summed E-state index contributed by atoms with van der Waals surface area (Å²) in [6.07, 6.45) is 4.67. The fourth-order valence-corrected chi connectivity index (χ4v) is 7.31. The van der Waals surface area contributed by atoms with Crippen LogP contribution in [0.3, 0.4) is 0 Å². The minimum atomic E-state index is -0.845. The van der Waals surface area contributed by atoms with Gasteiger partial charge in [-0.15, -0.1) is 11.3 Å². The van der Waals surface area contributed by atoms with E-state index in [2.05, 4.69) is 5.32 Å². The van der Waals surface area contributed by atoms with E-state index < -0.39 is 29.7 Å². The van der Waals surface area contributed by atoms with Crippen molar-refractivity contribution in [3.8, 4) is 11.3 Å². The predicted molar refractivity (Wildman–Crippen MR) is 174 cm³/mol. The highest BCUT2D eigenvalue weighted by atomic mass is 32.1. The predicted octanol–water partition coefficient (Wildman–Crippen LogP) is 6.02. The van der Waals surface area contributed by atoms with Gasteiger partial charge in [-0.1, -0.05) is 43.5 Å². The molecule has 1 saturated heterocycles. The number of carbonyl (C=O) groups excluding carboxylic acids is 3. The quantitative estimate of drug-likeness (QED) is 0.327. The summed E-state index contributed by atoms with van der Waals surface area (Å²) in [4.78, 5) is 48.6. The van der Waals surface area contributed by atoms with Gasteiger partial charge in [-0.3, -0.25) is 14.5 Å². The smallest absolute Gasteiger partial charge is 0.410 e. The van der Waals surface area contributed by atoms with E-state index in [4.69, 9.17) is 15.5 Å². The molecule has 3 amide bonds. The maximum absolute atomic E-state index is 14.5. The Morgan fingerprint density at radius 1 is 1.11 bits per heavy atom. The molecule has 45 heavy (non-hydrogen) atoms. The highest BCUT2D eigenvalue weighted by molar-refractivity contribution is 7.10. The number of thiazole rings is 1. The first-order chi connectivity index (χ1) is 21.3. The van der Waals surface area contributed by atoms with E-state index >= 15 is 0 Å². The number of hydrogen-bond acceptors (Lipinski definition) is 7. The number of likely N-dealkylation sites (tertiary alicyclic amines) is 1. The topological polar surface area (TPSA) is 118 Å². The van der Waals surface area contributed by atoms with E-state index in [1.807, 2.05) is 23.6 Å². The first kappa shape index (κ1) is 32.8. The molecule has 9 nitrogen and oxygen atoms in total. The summed E-state index contributed by atoms with van der Waals surface area (Å²) in [5, 5.41) is 7.03. The number of hydrogen-bond donors (Lipinski definition) is 2. The Hall–Kier alpha value is -3.57. The van der Waals surface area contributed by atoms with Crippen molar-refractivity contribution in [3.05, 3.63) is 52.6 Å². The van der Waals surface area contributed by atoms with Crippen LogP contribution in [-0.4, -0.2) is 70.0 Å². The zero-order valence-electron chi connectivity index (χ0n) is 26.7. The van der Waals surface area contributed by atoms with Gasteiger partial charge in [-0.2, -0.15) is 0 Å². The lowest BCUT2D eigenvalue weighted by Crippen LogP contribution is -2.57. The average molecular weight is 638 g/mol. The number of nitrogens with zero attached hydrogens (tertiary/aromatic N) is 3. The van der Waals surface area contributed by atoms with Crippen LogP contribution in [0.1, 0.15) is 77.3 Å². The van der Waals surface area contributed by atoms with E-state index in [0.717, 1.165) is 53.8 Å². The van der Waals surface area contributed by atoms with Crippen LogP contribution in [0, 0.1) is 11.7 Å². The molecular weight excluding hydrogens is 593 g/mol. The molecule has 3 N–H and O–H groups in total. The first-order valence-corrected chi connectivity index (χ1v) is 16.7. The van der Waals surface area contributed by atoms with Crippen molar-refractivity contribution in [3.63, 3.8) is 0 Å². The van der Waals surface area contributed by atoms with Gasteiger partial charge in [0.05, 0.1) is 11.7 Å². The van der Waals surface area contributed by atoms with Crippen LogP contribution >= 0.6 is 11.3 Å². The zero-order valence-corrected chi connectivity index (χ0v) is 27.5. The second-order valence-corrected chi connectivity index (χ2v) is 14.3. The van der Waals surface area contributed by atoms with Gasteiger partial charge in [0.1, 0.15) is 28.5 Å². The summed E-state index contributed by atoms with van der Waals surface area (Å²) < 4.78 is 20.0. The van der Waals surface area contributed by atoms with Crippen molar-refractivity contribution in [1.29, 1.82) is 0 Å². The number of benzene rings is 2. The largest absolute Gasteiger partial charge is 0.444 e. The minimum Gasteiger partial charge on any atom is -0.444 e. The lowest BCUT2D eigenvalue weighted by Gasteiger charge is -2.36. The number of aromatic nitrogens is 1. The Labute approximate surface area is 268 Å². The van der Waals surface area contributed by atoms with Crippen molar-refractivity contribution in [1.82, 2.24) is 20.1 Å². The molecule has 0 bridgehead atoms. The number of nitrogens with two attached hydrogens (primary N) is 1. The number of ether oxygens (including phenoxy) is 1. The molecule has 1 aromatic heterocycles. The van der Waals surface area contributed by atoms with Gasteiger partial charge in [-0.05, 0) is 70.4 Å². The summed E-state index contributed by atoms with van der Waals surface area (Å²) in [6.45, 7) is 7.29. The van der Waals surface area contributed by atoms with Gasteiger partial charge in [0.25, 0.3) is 0 Å². The first-order valence-electron chi connectivity index (χ1n) is 15.8. The number of nitrogens with one attached hydrogen (secondary N) is 1. The van der Waals surface area contributed by atoms with Gasteiger partial charge < -0.3 is 20.7 Å². The average Bonchev–Trinajstić information content (AvgIpc) is 3.65. The molecule has 4 atom stereocenters. The Balaban J connectivity index is 1.39. The molecule has 1 saturated carbocycles. The van der Waals surface area contributed by atoms with Crippen LogP contribution in [-0.2, 0) is 14.3 Å². The molecule has 2 aliphatic rings. The molecule has 242 valence electrons. The highest BCUT2D eigenvalue weighted by Gasteiger charge is 2.43. The lowest BCUT2D eigenvalue weighted by atomic mass is 9.83. The Morgan fingerprint density at radius 2 is 1.80 bits per heavy atom. The van der Waals surface area contributed by atoms with E-state index in [1.54, 1.807) is 44.7 Å². The molecule has 0 spiro atoms. The molecule has 2 heterocycles. The van der Waals surface area contributed by atoms with E-state index in [1.165, 1.54) is 29.4 Å². The highest BCUT2D eigenvalue weighted by Crippen LogP contribution is 2.39. The second-order valence-electron chi connectivity index (χ2n) is 13.4. The van der Waals surface area contributed by atoms with Gasteiger partial charge in [-0.25, -0.2) is 14.2 Å². The van der Waals surface area contributed by atoms with Crippen LogP contribution < -0.4 is 11.1 Å². The Kier molecular flexibility index (Phi) is 9.79. The molecule has 0 radical (unpaired) electrons. The summed E-state index contributed by atoms with van der Waals surface area (Å²) in [5.41, 5.74) is 7.29. The fraction of sp³-hybridized carbons (Fsp3) is 0.529. The normalized spacial score (nSPS) is 20.6. The second kappa shape index (κ2) is 13.4. The molecule has 2 aromatic carbocycles. The third-order valence-electron chi connectivity index (χ3n) is 8.90. The maximum atomic E-state index is 14.5. The number of carbonyl (C=O) groups is 3.